The zero-order chi connectivity index (χ0) is 7.14. The largest absolute Gasteiger partial charge is 0.394 e. The minimum absolute atomic E-state index is 0.0142. The number of hydrogen-bond donors (Lipinski definition) is 1. The van der Waals surface area contributed by atoms with Gasteiger partial charge in [-0.2, -0.15) is 0 Å². The van der Waals surface area contributed by atoms with E-state index in [4.69, 9.17) is 9.84 Å². The van der Waals surface area contributed by atoms with Gasteiger partial charge in [0.05, 0.1) is 19.6 Å². The van der Waals surface area contributed by atoms with Crippen molar-refractivity contribution in [2.24, 2.45) is 0 Å². The Bertz CT molecular complexity index is 170. The zero-order valence-electron chi connectivity index (χ0n) is 5.49. The molecular weight excluding hydrogens is 134 g/mol. The second kappa shape index (κ2) is 1.93. The number of carbonyl (C=O) groups excluding carboxylic acids is 1. The summed E-state index contributed by atoms with van der Waals surface area (Å²) >= 11 is 0. The first-order valence-electron chi connectivity index (χ1n) is 3.37. The first-order chi connectivity index (χ1) is 4.81. The Morgan fingerprint density at radius 2 is 2.60 bits per heavy atom. The highest BCUT2D eigenvalue weighted by Crippen LogP contribution is 2.27. The number of hydrogen-bond acceptors (Lipinski definition) is 3. The molecular formula is C6H9NO3. The molecule has 2 atom stereocenters. The van der Waals surface area contributed by atoms with Crippen molar-refractivity contribution < 1.29 is 14.6 Å². The number of fused-ring (bicyclic) bond motifs is 1. The van der Waals surface area contributed by atoms with E-state index in [0.717, 1.165) is 0 Å². The molecule has 2 aliphatic rings. The monoisotopic (exact) mass is 143 g/mol. The SMILES string of the molecule is O=C1C[C@@H]2O[C@@H](CO)CN12. The maximum atomic E-state index is 10.7. The van der Waals surface area contributed by atoms with E-state index in [1.807, 2.05) is 0 Å². The summed E-state index contributed by atoms with van der Waals surface area (Å²) in [4.78, 5) is 12.4. The molecule has 4 heteroatoms. The van der Waals surface area contributed by atoms with E-state index < -0.39 is 0 Å². The minimum atomic E-state index is -0.142. The standard InChI is InChI=1S/C6H9NO3/c8-3-4-2-7-5(9)1-6(7)10-4/h4,6,8H,1-3H2/t4-,6+/m1/s1. The van der Waals surface area contributed by atoms with Gasteiger partial charge in [-0.25, -0.2) is 0 Å². The normalized spacial score (nSPS) is 37.7. The maximum absolute atomic E-state index is 10.7. The van der Waals surface area contributed by atoms with E-state index in [1.165, 1.54) is 0 Å². The van der Waals surface area contributed by atoms with E-state index in [9.17, 15) is 4.79 Å². The van der Waals surface area contributed by atoms with Crippen LogP contribution >= 0.6 is 0 Å². The first kappa shape index (κ1) is 6.12. The van der Waals surface area contributed by atoms with Gasteiger partial charge in [0.15, 0.2) is 0 Å². The third kappa shape index (κ3) is 0.660. The topological polar surface area (TPSA) is 49.8 Å². The van der Waals surface area contributed by atoms with Crippen LogP contribution in [-0.2, 0) is 9.53 Å². The molecule has 0 spiro atoms. The fourth-order valence-corrected chi connectivity index (χ4v) is 1.35. The average Bonchev–Trinajstić information content (AvgIpc) is 2.26. The van der Waals surface area contributed by atoms with Crippen molar-refractivity contribution in [3.05, 3.63) is 0 Å². The van der Waals surface area contributed by atoms with Crippen LogP contribution in [0.4, 0.5) is 0 Å². The fourth-order valence-electron chi connectivity index (χ4n) is 1.35. The summed E-state index contributed by atoms with van der Waals surface area (Å²) < 4.78 is 5.24. The third-order valence-corrected chi connectivity index (χ3v) is 1.97. The lowest BCUT2D eigenvalue weighted by Crippen LogP contribution is -2.48. The van der Waals surface area contributed by atoms with E-state index in [-0.39, 0.29) is 24.8 Å². The van der Waals surface area contributed by atoms with Crippen molar-refractivity contribution >= 4 is 5.91 Å². The van der Waals surface area contributed by atoms with Crippen LogP contribution in [0.15, 0.2) is 0 Å². The number of aliphatic hydroxyl groups excluding tert-OH is 1. The van der Waals surface area contributed by atoms with Gasteiger partial charge in [0.2, 0.25) is 5.91 Å². The fraction of sp³-hybridized carbons (Fsp3) is 0.833. The molecule has 2 aliphatic heterocycles. The van der Waals surface area contributed by atoms with Crippen LogP contribution in [0.2, 0.25) is 0 Å². The Labute approximate surface area is 58.4 Å². The lowest BCUT2D eigenvalue weighted by Gasteiger charge is -2.31. The van der Waals surface area contributed by atoms with Crippen LogP contribution in [0.25, 0.3) is 0 Å². The van der Waals surface area contributed by atoms with Crippen molar-refractivity contribution in [2.75, 3.05) is 13.2 Å². The van der Waals surface area contributed by atoms with Crippen molar-refractivity contribution in [2.45, 2.75) is 18.8 Å². The Morgan fingerprint density at radius 3 is 3.10 bits per heavy atom. The maximum Gasteiger partial charge on any atom is 0.229 e. The lowest BCUT2D eigenvalue weighted by atomic mass is 10.2. The van der Waals surface area contributed by atoms with Gasteiger partial charge in [0.25, 0.3) is 0 Å². The van der Waals surface area contributed by atoms with Gasteiger partial charge in [0.1, 0.15) is 12.3 Å². The summed E-state index contributed by atoms with van der Waals surface area (Å²) in [6, 6.07) is 0. The molecule has 0 aromatic heterocycles. The summed E-state index contributed by atoms with van der Waals surface area (Å²) in [6.45, 7) is 0.584. The van der Waals surface area contributed by atoms with Gasteiger partial charge >= 0.3 is 0 Å². The number of nitrogens with zero attached hydrogens (tertiary/aromatic N) is 1. The number of amides is 1. The summed E-state index contributed by atoms with van der Waals surface area (Å²) in [5, 5.41) is 8.65. The molecule has 0 aliphatic carbocycles. The Kier molecular flexibility index (Phi) is 1.18. The van der Waals surface area contributed by atoms with Crippen molar-refractivity contribution in [1.29, 1.82) is 0 Å². The predicted octanol–water partition coefficient (Wildman–Crippen LogP) is -1.06. The number of aliphatic hydroxyl groups is 1. The van der Waals surface area contributed by atoms with Gasteiger partial charge in [0, 0.05) is 0 Å². The molecule has 0 unspecified atom stereocenters. The quantitative estimate of drug-likeness (QED) is 0.476. The Hall–Kier alpha value is -0.610. The van der Waals surface area contributed by atoms with Crippen LogP contribution in [0.1, 0.15) is 6.42 Å². The van der Waals surface area contributed by atoms with Crippen LogP contribution in [-0.4, -0.2) is 41.4 Å². The van der Waals surface area contributed by atoms with Gasteiger partial charge in [-0.15, -0.1) is 0 Å². The average molecular weight is 143 g/mol. The summed E-state index contributed by atoms with van der Waals surface area (Å²) in [5.74, 6) is 0.140. The molecule has 0 bridgehead atoms. The zero-order valence-corrected chi connectivity index (χ0v) is 5.49. The molecule has 2 heterocycles. The molecule has 0 radical (unpaired) electrons. The van der Waals surface area contributed by atoms with E-state index in [2.05, 4.69) is 0 Å². The second-order valence-electron chi connectivity index (χ2n) is 2.65. The molecule has 2 saturated heterocycles. The van der Waals surface area contributed by atoms with Crippen molar-refractivity contribution in [3.8, 4) is 0 Å². The van der Waals surface area contributed by atoms with Gasteiger partial charge < -0.3 is 14.7 Å². The van der Waals surface area contributed by atoms with Crippen LogP contribution in [0.3, 0.4) is 0 Å². The summed E-state index contributed by atoms with van der Waals surface area (Å²) in [6.07, 6.45) is 0.331. The molecule has 2 fully saturated rings. The molecule has 4 nitrogen and oxygen atoms in total. The molecule has 2 rings (SSSR count). The van der Waals surface area contributed by atoms with Crippen molar-refractivity contribution in [1.82, 2.24) is 4.90 Å². The van der Waals surface area contributed by atoms with Gasteiger partial charge in [-0.1, -0.05) is 0 Å². The first-order valence-corrected chi connectivity index (χ1v) is 3.37. The number of β-lactam (4-membered cyclic amide) rings is 1. The molecule has 0 saturated carbocycles. The van der Waals surface area contributed by atoms with Gasteiger partial charge in [-0.3, -0.25) is 4.79 Å². The molecule has 56 valence electrons. The third-order valence-electron chi connectivity index (χ3n) is 1.97. The molecule has 1 amide bonds. The Morgan fingerprint density at radius 1 is 1.80 bits per heavy atom. The van der Waals surface area contributed by atoms with E-state index in [0.29, 0.717) is 13.0 Å². The van der Waals surface area contributed by atoms with Gasteiger partial charge in [-0.05, 0) is 0 Å². The highest BCUT2D eigenvalue weighted by Gasteiger charge is 2.44. The Balaban J connectivity index is 1.99. The second-order valence-corrected chi connectivity index (χ2v) is 2.65. The highest BCUT2D eigenvalue weighted by molar-refractivity contribution is 5.82. The van der Waals surface area contributed by atoms with E-state index >= 15 is 0 Å². The molecule has 0 aromatic carbocycles. The van der Waals surface area contributed by atoms with E-state index in [1.54, 1.807) is 4.90 Å². The summed E-state index contributed by atoms with van der Waals surface area (Å²) in [7, 11) is 0. The number of rotatable bonds is 1. The predicted molar refractivity (Wildman–Crippen MR) is 32.1 cm³/mol. The smallest absolute Gasteiger partial charge is 0.229 e. The molecule has 0 aromatic rings. The van der Waals surface area contributed by atoms with Crippen LogP contribution < -0.4 is 0 Å². The number of ether oxygens (including phenoxy) is 1. The minimum Gasteiger partial charge on any atom is -0.394 e. The number of carbonyl (C=O) groups is 1. The summed E-state index contributed by atoms with van der Waals surface area (Å²) in [5.41, 5.74) is 0. The van der Waals surface area contributed by atoms with Crippen molar-refractivity contribution in [3.63, 3.8) is 0 Å². The van der Waals surface area contributed by atoms with Crippen LogP contribution in [0.5, 0.6) is 0 Å². The molecule has 10 heavy (non-hydrogen) atoms. The lowest BCUT2D eigenvalue weighted by molar-refractivity contribution is -0.156. The molecule has 1 N–H and O–H groups in total. The highest BCUT2D eigenvalue weighted by atomic mass is 16.5. The van der Waals surface area contributed by atoms with Crippen LogP contribution in [0, 0.1) is 0 Å².